The summed E-state index contributed by atoms with van der Waals surface area (Å²) in [7, 11) is -3.76. The predicted molar refractivity (Wildman–Crippen MR) is 147 cm³/mol. The highest BCUT2D eigenvalue weighted by Crippen LogP contribution is 2.29. The molecule has 0 heterocycles. The van der Waals surface area contributed by atoms with E-state index in [9.17, 15) is 18.0 Å². The predicted octanol–water partition coefficient (Wildman–Crippen LogP) is 4.20. The molecular formula is C28H41N3O4S. The number of amides is 2. The second kappa shape index (κ2) is 13.4. The van der Waals surface area contributed by atoms with Crippen LogP contribution in [0.3, 0.4) is 0 Å². The monoisotopic (exact) mass is 515 g/mol. The topological polar surface area (TPSA) is 86.8 Å². The molecule has 1 atom stereocenters. The molecule has 0 aliphatic rings. The molecule has 0 spiro atoms. The van der Waals surface area contributed by atoms with Crippen molar-refractivity contribution in [3.8, 4) is 0 Å². The molecule has 0 saturated carbocycles. The summed E-state index contributed by atoms with van der Waals surface area (Å²) < 4.78 is 26.9. The molecule has 8 heteroatoms. The van der Waals surface area contributed by atoms with Crippen LogP contribution in [0.5, 0.6) is 0 Å². The number of nitrogens with zero attached hydrogens (tertiary/aromatic N) is 2. The minimum Gasteiger partial charge on any atom is -0.354 e. The third kappa shape index (κ3) is 8.36. The Morgan fingerprint density at radius 1 is 0.944 bits per heavy atom. The maximum Gasteiger partial charge on any atom is 0.244 e. The number of hydrogen-bond acceptors (Lipinski definition) is 4. The third-order valence-corrected chi connectivity index (χ3v) is 7.19. The summed E-state index contributed by atoms with van der Waals surface area (Å²) >= 11 is 0. The van der Waals surface area contributed by atoms with Gasteiger partial charge in [0.2, 0.25) is 21.8 Å². The summed E-state index contributed by atoms with van der Waals surface area (Å²) in [6, 6.07) is 16.3. The molecule has 36 heavy (non-hydrogen) atoms. The van der Waals surface area contributed by atoms with Gasteiger partial charge in [0.1, 0.15) is 12.6 Å². The van der Waals surface area contributed by atoms with E-state index in [4.69, 9.17) is 0 Å². The van der Waals surface area contributed by atoms with E-state index in [0.717, 1.165) is 17.4 Å². The van der Waals surface area contributed by atoms with E-state index in [1.807, 2.05) is 77.1 Å². The molecule has 0 fully saturated rings. The van der Waals surface area contributed by atoms with Crippen molar-refractivity contribution < 1.29 is 18.0 Å². The van der Waals surface area contributed by atoms with Gasteiger partial charge >= 0.3 is 0 Å². The van der Waals surface area contributed by atoms with E-state index in [2.05, 4.69) is 5.32 Å². The van der Waals surface area contributed by atoms with E-state index >= 15 is 0 Å². The van der Waals surface area contributed by atoms with Crippen molar-refractivity contribution in [3.63, 3.8) is 0 Å². The zero-order chi connectivity index (χ0) is 26.9. The van der Waals surface area contributed by atoms with Gasteiger partial charge in [-0.1, -0.05) is 83.1 Å². The summed E-state index contributed by atoms with van der Waals surface area (Å²) in [5, 5.41) is 2.94. The van der Waals surface area contributed by atoms with E-state index in [1.165, 1.54) is 4.31 Å². The van der Waals surface area contributed by atoms with Crippen LogP contribution in [0.4, 0.5) is 5.69 Å². The number of carbonyl (C=O) groups is 2. The molecule has 2 rings (SSSR count). The van der Waals surface area contributed by atoms with Crippen molar-refractivity contribution in [2.24, 2.45) is 5.92 Å². The number of nitrogens with one attached hydrogen (secondary N) is 1. The maximum absolute atomic E-state index is 13.8. The van der Waals surface area contributed by atoms with Crippen LogP contribution in [-0.4, -0.2) is 57.1 Å². The van der Waals surface area contributed by atoms with E-state index < -0.39 is 22.0 Å². The van der Waals surface area contributed by atoms with Crippen molar-refractivity contribution in [2.45, 2.75) is 59.4 Å². The van der Waals surface area contributed by atoms with Gasteiger partial charge in [-0.3, -0.25) is 13.9 Å². The number of hydrogen-bond donors (Lipinski definition) is 1. The van der Waals surface area contributed by atoms with Crippen LogP contribution in [0.2, 0.25) is 0 Å². The Morgan fingerprint density at radius 3 is 2.11 bits per heavy atom. The number of para-hydroxylation sites is 1. The van der Waals surface area contributed by atoms with E-state index in [-0.39, 0.29) is 24.3 Å². The average molecular weight is 516 g/mol. The van der Waals surface area contributed by atoms with Crippen molar-refractivity contribution in [2.75, 3.05) is 30.2 Å². The largest absolute Gasteiger partial charge is 0.354 e. The van der Waals surface area contributed by atoms with Gasteiger partial charge in [0, 0.05) is 13.1 Å². The number of sulfonamides is 1. The van der Waals surface area contributed by atoms with Gasteiger partial charge in [-0.05, 0) is 41.9 Å². The Morgan fingerprint density at radius 2 is 1.56 bits per heavy atom. The fourth-order valence-corrected chi connectivity index (χ4v) is 4.98. The zero-order valence-corrected chi connectivity index (χ0v) is 23.2. The smallest absolute Gasteiger partial charge is 0.244 e. The molecule has 0 radical (unpaired) electrons. The first-order valence-corrected chi connectivity index (χ1v) is 14.5. The molecule has 0 bridgehead atoms. The molecule has 0 aliphatic heterocycles. The molecule has 0 aliphatic carbocycles. The molecule has 198 valence electrons. The summed E-state index contributed by atoms with van der Waals surface area (Å²) in [6.07, 6.45) is 2.09. The number of carbonyl (C=O) groups excluding carboxylic acids is 2. The van der Waals surface area contributed by atoms with Crippen LogP contribution in [0.1, 0.15) is 58.1 Å². The minimum absolute atomic E-state index is 0.0694. The lowest BCUT2D eigenvalue weighted by Crippen LogP contribution is -2.53. The van der Waals surface area contributed by atoms with Gasteiger partial charge in [0.25, 0.3) is 0 Å². The lowest BCUT2D eigenvalue weighted by atomic mass is 10.0. The molecular weight excluding hydrogens is 474 g/mol. The molecule has 2 aromatic rings. The van der Waals surface area contributed by atoms with Crippen LogP contribution in [-0.2, 0) is 26.0 Å². The van der Waals surface area contributed by atoms with Crippen molar-refractivity contribution in [1.29, 1.82) is 0 Å². The fraction of sp³-hybridized carbons (Fsp3) is 0.500. The van der Waals surface area contributed by atoms with Gasteiger partial charge in [-0.15, -0.1) is 0 Å². The first kappa shape index (κ1) is 29.4. The van der Waals surface area contributed by atoms with Crippen LogP contribution in [0.25, 0.3) is 0 Å². The Kier molecular flexibility index (Phi) is 11.0. The van der Waals surface area contributed by atoms with Gasteiger partial charge in [0.15, 0.2) is 0 Å². The van der Waals surface area contributed by atoms with Gasteiger partial charge in [-0.2, -0.15) is 0 Å². The zero-order valence-electron chi connectivity index (χ0n) is 22.4. The Bertz CT molecular complexity index is 1100. The first-order valence-electron chi connectivity index (χ1n) is 12.6. The van der Waals surface area contributed by atoms with Crippen LogP contribution < -0.4 is 9.62 Å². The third-order valence-electron chi connectivity index (χ3n) is 6.06. The normalized spacial score (nSPS) is 12.4. The molecule has 1 N–H and O–H groups in total. The second-order valence-corrected chi connectivity index (χ2v) is 11.8. The quantitative estimate of drug-likeness (QED) is 0.433. The van der Waals surface area contributed by atoms with Gasteiger partial charge in [0.05, 0.1) is 11.9 Å². The first-order chi connectivity index (χ1) is 17.0. The standard InChI is InChI=1S/C28H41N3O4S/c1-7-25(28(33)29-19-21(2)3)30(18-17-23-13-9-8-10-14-23)27(32)20-31(36(6,34)35)26-16-12-11-15-24(26)22(4)5/h8-16,21-22,25H,7,17-20H2,1-6H3,(H,29,33)/t25-/m0/s1. The summed E-state index contributed by atoms with van der Waals surface area (Å²) in [6.45, 7) is 10.3. The molecule has 7 nitrogen and oxygen atoms in total. The highest BCUT2D eigenvalue weighted by atomic mass is 32.2. The van der Waals surface area contributed by atoms with Gasteiger partial charge < -0.3 is 10.2 Å². The van der Waals surface area contributed by atoms with Crippen molar-refractivity contribution in [3.05, 3.63) is 65.7 Å². The highest BCUT2D eigenvalue weighted by molar-refractivity contribution is 7.92. The van der Waals surface area contributed by atoms with Crippen LogP contribution in [0.15, 0.2) is 54.6 Å². The van der Waals surface area contributed by atoms with Gasteiger partial charge in [-0.25, -0.2) is 8.42 Å². The number of benzene rings is 2. The average Bonchev–Trinajstić information content (AvgIpc) is 2.83. The van der Waals surface area contributed by atoms with Crippen molar-refractivity contribution >= 4 is 27.5 Å². The molecule has 0 unspecified atom stereocenters. The molecule has 2 amide bonds. The van der Waals surface area contributed by atoms with Crippen molar-refractivity contribution in [1.82, 2.24) is 10.2 Å². The van der Waals surface area contributed by atoms with Crippen LogP contribution in [0, 0.1) is 5.92 Å². The summed E-state index contributed by atoms with van der Waals surface area (Å²) in [4.78, 5) is 28.4. The Labute approximate surface area is 216 Å². The molecule has 0 saturated heterocycles. The minimum atomic E-state index is -3.76. The summed E-state index contributed by atoms with van der Waals surface area (Å²) in [5.74, 6) is -0.282. The maximum atomic E-state index is 13.8. The SMILES string of the molecule is CC[C@@H](C(=O)NCC(C)C)N(CCc1ccccc1)C(=O)CN(c1ccccc1C(C)C)S(C)(=O)=O. The number of anilines is 1. The van der Waals surface area contributed by atoms with E-state index in [1.54, 1.807) is 17.0 Å². The molecule has 2 aromatic carbocycles. The number of rotatable bonds is 13. The van der Waals surface area contributed by atoms with E-state index in [0.29, 0.717) is 31.6 Å². The lowest BCUT2D eigenvalue weighted by molar-refractivity contribution is -0.139. The Hall–Kier alpha value is -2.87. The lowest BCUT2D eigenvalue weighted by Gasteiger charge is -2.33. The molecule has 0 aromatic heterocycles. The Balaban J connectivity index is 2.41. The fourth-order valence-electron chi connectivity index (χ4n) is 4.12. The second-order valence-electron chi connectivity index (χ2n) is 9.87. The highest BCUT2D eigenvalue weighted by Gasteiger charge is 2.32. The summed E-state index contributed by atoms with van der Waals surface area (Å²) in [5.41, 5.74) is 2.37. The van der Waals surface area contributed by atoms with Crippen LogP contribution >= 0.6 is 0 Å².